The van der Waals surface area contributed by atoms with Crippen molar-refractivity contribution in [3.05, 3.63) is 58.9 Å². The Morgan fingerprint density at radius 1 is 0.923 bits per heavy atom. The maximum Gasteiger partial charge on any atom is 0.231 e. The first-order valence-corrected chi connectivity index (χ1v) is 8.49. The van der Waals surface area contributed by atoms with E-state index in [0.29, 0.717) is 22.4 Å². The molecule has 26 heavy (non-hydrogen) atoms. The molecule has 7 heteroatoms. The summed E-state index contributed by atoms with van der Waals surface area (Å²) in [5, 5.41) is 7.16. The predicted octanol–water partition coefficient (Wildman–Crippen LogP) is 4.96. The van der Waals surface area contributed by atoms with Crippen molar-refractivity contribution in [3.63, 3.8) is 0 Å². The van der Waals surface area contributed by atoms with Gasteiger partial charge in [0.15, 0.2) is 11.5 Å². The number of nitrogens with zero attached hydrogens (tertiary/aromatic N) is 2. The summed E-state index contributed by atoms with van der Waals surface area (Å²) in [6, 6.07) is 11.5. The van der Waals surface area contributed by atoms with Crippen molar-refractivity contribution in [2.45, 2.75) is 13.8 Å². The van der Waals surface area contributed by atoms with Crippen molar-refractivity contribution < 1.29 is 9.47 Å². The maximum absolute atomic E-state index is 6.36. The van der Waals surface area contributed by atoms with Crippen LogP contribution in [0.25, 0.3) is 0 Å². The third-order valence-electron chi connectivity index (χ3n) is 4.00. The standard InChI is InChI=1S/C19H17ClN4O2/c1-11-5-12(2)19(14(20)6-11)24-18-8-17(21-9-22-18)23-13-3-4-15-16(7-13)26-10-25-15/h3-9H,10H2,1-2H3,(H2,21,22,23,24). The number of nitrogens with one attached hydrogen (secondary N) is 2. The van der Waals surface area contributed by atoms with Gasteiger partial charge < -0.3 is 20.1 Å². The fourth-order valence-corrected chi connectivity index (χ4v) is 3.19. The lowest BCUT2D eigenvalue weighted by Gasteiger charge is -2.13. The van der Waals surface area contributed by atoms with E-state index in [1.807, 2.05) is 44.2 Å². The largest absolute Gasteiger partial charge is 0.454 e. The molecule has 1 aliphatic heterocycles. The average molecular weight is 369 g/mol. The molecule has 6 nitrogen and oxygen atoms in total. The Hall–Kier alpha value is -2.99. The first kappa shape index (κ1) is 16.5. The molecule has 2 aromatic carbocycles. The highest BCUT2D eigenvalue weighted by molar-refractivity contribution is 6.33. The van der Waals surface area contributed by atoms with Crippen LogP contribution in [-0.2, 0) is 0 Å². The van der Waals surface area contributed by atoms with Crippen LogP contribution in [0.4, 0.5) is 23.0 Å². The molecular weight excluding hydrogens is 352 g/mol. The van der Waals surface area contributed by atoms with E-state index in [1.165, 1.54) is 6.33 Å². The molecule has 1 aliphatic rings. The second-order valence-corrected chi connectivity index (χ2v) is 6.45. The summed E-state index contributed by atoms with van der Waals surface area (Å²) in [7, 11) is 0. The Bertz CT molecular complexity index is 954. The normalized spacial score (nSPS) is 12.1. The molecular formula is C19H17ClN4O2. The first-order chi connectivity index (χ1) is 12.6. The van der Waals surface area contributed by atoms with E-state index in [0.717, 1.165) is 28.3 Å². The second-order valence-electron chi connectivity index (χ2n) is 6.05. The second kappa shape index (κ2) is 6.72. The minimum Gasteiger partial charge on any atom is -0.454 e. The molecule has 0 aliphatic carbocycles. The van der Waals surface area contributed by atoms with E-state index >= 15 is 0 Å². The van der Waals surface area contributed by atoms with Crippen molar-refractivity contribution in [1.29, 1.82) is 0 Å². The molecule has 0 fully saturated rings. The summed E-state index contributed by atoms with van der Waals surface area (Å²) < 4.78 is 10.7. The van der Waals surface area contributed by atoms with Gasteiger partial charge in [-0.2, -0.15) is 0 Å². The SMILES string of the molecule is Cc1cc(C)c(Nc2cc(Nc3ccc4c(c3)OCO4)ncn2)c(Cl)c1. The van der Waals surface area contributed by atoms with Gasteiger partial charge in [-0.15, -0.1) is 0 Å². The molecule has 2 N–H and O–H groups in total. The summed E-state index contributed by atoms with van der Waals surface area (Å²) in [4.78, 5) is 8.53. The highest BCUT2D eigenvalue weighted by Crippen LogP contribution is 2.35. The van der Waals surface area contributed by atoms with E-state index in [2.05, 4.69) is 26.7 Å². The minimum absolute atomic E-state index is 0.247. The lowest BCUT2D eigenvalue weighted by Crippen LogP contribution is -2.00. The quantitative estimate of drug-likeness (QED) is 0.678. The number of hydrogen-bond donors (Lipinski definition) is 2. The van der Waals surface area contributed by atoms with Gasteiger partial charge in [0.05, 0.1) is 10.7 Å². The Kier molecular flexibility index (Phi) is 4.26. The van der Waals surface area contributed by atoms with E-state index in [9.17, 15) is 0 Å². The molecule has 0 saturated heterocycles. The molecule has 1 aromatic heterocycles. The van der Waals surface area contributed by atoms with E-state index in [1.54, 1.807) is 0 Å². The average Bonchev–Trinajstić information content (AvgIpc) is 3.06. The van der Waals surface area contributed by atoms with E-state index in [4.69, 9.17) is 21.1 Å². The van der Waals surface area contributed by atoms with Gasteiger partial charge >= 0.3 is 0 Å². The third kappa shape index (κ3) is 3.36. The van der Waals surface area contributed by atoms with Gasteiger partial charge in [-0.3, -0.25) is 0 Å². The lowest BCUT2D eigenvalue weighted by atomic mass is 10.1. The van der Waals surface area contributed by atoms with Gasteiger partial charge in [0.25, 0.3) is 0 Å². The van der Waals surface area contributed by atoms with Gasteiger partial charge in [0, 0.05) is 17.8 Å². The number of aromatic nitrogens is 2. The van der Waals surface area contributed by atoms with Crippen molar-refractivity contribution in [2.75, 3.05) is 17.4 Å². The molecule has 132 valence electrons. The molecule has 0 spiro atoms. The van der Waals surface area contributed by atoms with Crippen LogP contribution in [-0.4, -0.2) is 16.8 Å². The Morgan fingerprint density at radius 3 is 2.50 bits per heavy atom. The van der Waals surface area contributed by atoms with Crippen molar-refractivity contribution in [2.24, 2.45) is 0 Å². The van der Waals surface area contributed by atoms with E-state index < -0.39 is 0 Å². The number of rotatable bonds is 4. The van der Waals surface area contributed by atoms with Crippen LogP contribution in [0.5, 0.6) is 11.5 Å². The molecule has 4 rings (SSSR count). The Balaban J connectivity index is 1.56. The monoisotopic (exact) mass is 368 g/mol. The fourth-order valence-electron chi connectivity index (χ4n) is 2.82. The Labute approximate surface area is 156 Å². The van der Waals surface area contributed by atoms with Gasteiger partial charge in [0.2, 0.25) is 6.79 Å². The highest BCUT2D eigenvalue weighted by atomic mass is 35.5. The lowest BCUT2D eigenvalue weighted by molar-refractivity contribution is 0.174. The number of benzene rings is 2. The number of anilines is 4. The molecule has 0 amide bonds. The summed E-state index contributed by atoms with van der Waals surface area (Å²) in [5.41, 5.74) is 3.86. The molecule has 0 atom stereocenters. The van der Waals surface area contributed by atoms with Crippen LogP contribution >= 0.6 is 11.6 Å². The predicted molar refractivity (Wildman–Crippen MR) is 102 cm³/mol. The number of fused-ring (bicyclic) bond motifs is 1. The van der Waals surface area contributed by atoms with Crippen LogP contribution < -0.4 is 20.1 Å². The Morgan fingerprint density at radius 2 is 1.69 bits per heavy atom. The van der Waals surface area contributed by atoms with Crippen LogP contribution in [0.15, 0.2) is 42.7 Å². The molecule has 3 aromatic rings. The van der Waals surface area contributed by atoms with E-state index in [-0.39, 0.29) is 6.79 Å². The van der Waals surface area contributed by atoms with Crippen LogP contribution in [0, 0.1) is 13.8 Å². The highest BCUT2D eigenvalue weighted by Gasteiger charge is 2.13. The summed E-state index contributed by atoms with van der Waals surface area (Å²) >= 11 is 6.36. The van der Waals surface area contributed by atoms with Crippen LogP contribution in [0.3, 0.4) is 0 Å². The van der Waals surface area contributed by atoms with Crippen molar-refractivity contribution in [1.82, 2.24) is 9.97 Å². The topological polar surface area (TPSA) is 68.3 Å². The van der Waals surface area contributed by atoms with Crippen molar-refractivity contribution >= 4 is 34.6 Å². The third-order valence-corrected chi connectivity index (χ3v) is 4.29. The molecule has 2 heterocycles. The number of halogens is 1. The maximum atomic E-state index is 6.36. The van der Waals surface area contributed by atoms with Gasteiger partial charge in [-0.05, 0) is 43.2 Å². The number of ether oxygens (including phenoxy) is 2. The van der Waals surface area contributed by atoms with Gasteiger partial charge in [-0.25, -0.2) is 9.97 Å². The zero-order chi connectivity index (χ0) is 18.1. The fraction of sp³-hybridized carbons (Fsp3) is 0.158. The van der Waals surface area contributed by atoms with Gasteiger partial charge in [0.1, 0.15) is 18.0 Å². The van der Waals surface area contributed by atoms with Crippen LogP contribution in [0.2, 0.25) is 5.02 Å². The van der Waals surface area contributed by atoms with Crippen LogP contribution in [0.1, 0.15) is 11.1 Å². The van der Waals surface area contributed by atoms with Crippen molar-refractivity contribution in [3.8, 4) is 11.5 Å². The molecule has 0 radical (unpaired) electrons. The smallest absolute Gasteiger partial charge is 0.231 e. The molecule has 0 bridgehead atoms. The zero-order valence-electron chi connectivity index (χ0n) is 14.3. The summed E-state index contributed by atoms with van der Waals surface area (Å²) in [6.07, 6.45) is 1.50. The zero-order valence-corrected chi connectivity index (χ0v) is 15.1. The molecule has 0 unspecified atom stereocenters. The summed E-state index contributed by atoms with van der Waals surface area (Å²) in [6.45, 7) is 4.27. The first-order valence-electron chi connectivity index (χ1n) is 8.11. The molecule has 0 saturated carbocycles. The minimum atomic E-state index is 0.247. The van der Waals surface area contributed by atoms with Gasteiger partial charge in [-0.1, -0.05) is 17.7 Å². The summed E-state index contributed by atoms with van der Waals surface area (Å²) in [5.74, 6) is 2.76. The number of aryl methyl sites for hydroxylation is 2. The number of hydrogen-bond acceptors (Lipinski definition) is 6.